The quantitative estimate of drug-likeness (QED) is 0.368. The number of aryl methyl sites for hydroxylation is 1. The Morgan fingerprint density at radius 1 is 1.18 bits per heavy atom. The van der Waals surface area contributed by atoms with Gasteiger partial charge in [0.05, 0.1) is 12.2 Å². The van der Waals surface area contributed by atoms with Gasteiger partial charge in [-0.2, -0.15) is 0 Å². The van der Waals surface area contributed by atoms with E-state index in [1.807, 2.05) is 32.9 Å². The van der Waals surface area contributed by atoms with Crippen LogP contribution in [0.4, 0.5) is 0 Å². The summed E-state index contributed by atoms with van der Waals surface area (Å²) in [5.74, 6) is -1.60. The van der Waals surface area contributed by atoms with Gasteiger partial charge in [-0.15, -0.1) is 5.10 Å². The first kappa shape index (κ1) is 37.2. The average Bonchev–Trinajstić information content (AvgIpc) is 3.85. The Hall–Kier alpha value is -4.59. The van der Waals surface area contributed by atoms with Gasteiger partial charge in [0.1, 0.15) is 18.4 Å². The highest BCUT2D eigenvalue weighted by atomic mass is 16.5. The Balaban J connectivity index is 1.54. The van der Waals surface area contributed by atoms with Crippen molar-refractivity contribution in [2.24, 2.45) is 23.5 Å². The Morgan fingerprint density at radius 3 is 2.76 bits per heavy atom. The first-order chi connectivity index (χ1) is 23.5. The van der Waals surface area contributed by atoms with E-state index in [4.69, 9.17) is 14.9 Å². The first-order valence-corrected chi connectivity index (χ1v) is 17.2. The van der Waals surface area contributed by atoms with Crippen molar-refractivity contribution in [3.8, 4) is 0 Å². The minimum Gasteiger partial charge on any atom is -0.460 e. The number of esters is 1. The van der Waals surface area contributed by atoms with Crippen LogP contribution in [0.15, 0.2) is 52.8 Å². The number of carbonyl (C=O) groups is 4. The van der Waals surface area contributed by atoms with Gasteiger partial charge in [-0.05, 0) is 50.5 Å². The lowest BCUT2D eigenvalue weighted by Crippen LogP contribution is -2.44. The Kier molecular flexibility index (Phi) is 13.9. The summed E-state index contributed by atoms with van der Waals surface area (Å²) >= 11 is 0. The van der Waals surface area contributed by atoms with E-state index in [1.165, 1.54) is 17.2 Å². The van der Waals surface area contributed by atoms with Crippen LogP contribution in [0.25, 0.3) is 0 Å². The fraction of sp³-hybridized carbons (Fsp3) is 0.571. The summed E-state index contributed by atoms with van der Waals surface area (Å²) in [6.45, 7) is 9.58. The molecule has 4 rings (SSSR count). The van der Waals surface area contributed by atoms with E-state index in [0.29, 0.717) is 56.4 Å². The number of nitrogens with two attached hydrogens (primary N) is 1. The Morgan fingerprint density at radius 2 is 2.00 bits per heavy atom. The predicted molar refractivity (Wildman–Crippen MR) is 181 cm³/mol. The summed E-state index contributed by atoms with van der Waals surface area (Å²) in [6, 6.07) is -0.805. The lowest BCUT2D eigenvalue weighted by molar-refractivity contribution is -0.159. The molecular formula is C35H50N8O6. The predicted octanol–water partition coefficient (Wildman–Crippen LogP) is 2.87. The van der Waals surface area contributed by atoms with Crippen LogP contribution in [0.3, 0.4) is 0 Å². The number of amides is 3. The van der Waals surface area contributed by atoms with E-state index in [0.717, 1.165) is 18.4 Å². The lowest BCUT2D eigenvalue weighted by atomic mass is 9.89. The summed E-state index contributed by atoms with van der Waals surface area (Å²) < 4.78 is 13.3. The molecule has 1 fully saturated rings. The monoisotopic (exact) mass is 678 g/mol. The van der Waals surface area contributed by atoms with Gasteiger partial charge in [0, 0.05) is 51.1 Å². The second kappa shape index (κ2) is 18.2. The molecule has 266 valence electrons. The molecular weight excluding hydrogens is 628 g/mol. The number of nitrogens with zero attached hydrogens (tertiary/aromatic N) is 5. The maximum absolute atomic E-state index is 13.7. The minimum atomic E-state index is -0.805. The number of allylic oxidation sites excluding steroid dienone is 3. The Bertz CT molecular complexity index is 1530. The van der Waals surface area contributed by atoms with Crippen LogP contribution in [0, 0.1) is 17.8 Å². The molecule has 0 saturated carbocycles. The van der Waals surface area contributed by atoms with E-state index in [1.54, 1.807) is 17.0 Å². The van der Waals surface area contributed by atoms with Crippen LogP contribution in [-0.2, 0) is 38.6 Å². The molecule has 0 aliphatic carbocycles. The van der Waals surface area contributed by atoms with Crippen LogP contribution in [0.5, 0.6) is 0 Å². The molecule has 4 N–H and O–H groups in total. The SMILES string of the molecule is CC1=C\[C@@H](C)CCCc2nc(co2)C(=O)N2CCC[C@@H]2C(=O)O[C@H](C(C)C)[C@H](CC(=O)NCCn2cc(CN)nn2)/C=C/C(=O)NC\C=C\1. The molecule has 0 radical (unpaired) electrons. The minimum absolute atomic E-state index is 0.0393. The molecule has 49 heavy (non-hydrogen) atoms. The second-order valence-electron chi connectivity index (χ2n) is 13.1. The van der Waals surface area contributed by atoms with E-state index in [9.17, 15) is 19.2 Å². The first-order valence-electron chi connectivity index (χ1n) is 17.2. The number of rotatable bonds is 7. The molecule has 4 atom stereocenters. The maximum Gasteiger partial charge on any atom is 0.329 e. The molecule has 2 bridgehead atoms. The van der Waals surface area contributed by atoms with Gasteiger partial charge >= 0.3 is 5.97 Å². The van der Waals surface area contributed by atoms with Crippen LogP contribution in [-0.4, -0.2) is 80.3 Å². The number of hydrogen-bond acceptors (Lipinski definition) is 10. The highest BCUT2D eigenvalue weighted by molar-refractivity contribution is 5.95. The molecule has 1 saturated heterocycles. The molecule has 0 aromatic carbocycles. The van der Waals surface area contributed by atoms with Gasteiger partial charge in [-0.3, -0.25) is 19.1 Å². The van der Waals surface area contributed by atoms with Gasteiger partial charge in [0.2, 0.25) is 11.8 Å². The zero-order valence-corrected chi connectivity index (χ0v) is 29.0. The van der Waals surface area contributed by atoms with Crippen molar-refractivity contribution < 1.29 is 28.3 Å². The maximum atomic E-state index is 13.7. The number of oxazole rings is 1. The molecule has 2 aromatic rings. The smallest absolute Gasteiger partial charge is 0.329 e. The topological polar surface area (TPSA) is 188 Å². The molecule has 4 heterocycles. The van der Waals surface area contributed by atoms with Crippen molar-refractivity contribution in [1.29, 1.82) is 0 Å². The molecule has 2 aliphatic rings. The number of fused-ring (bicyclic) bond motifs is 3. The highest BCUT2D eigenvalue weighted by Gasteiger charge is 2.39. The van der Waals surface area contributed by atoms with Crippen LogP contribution >= 0.6 is 0 Å². The van der Waals surface area contributed by atoms with Crippen LogP contribution < -0.4 is 16.4 Å². The summed E-state index contributed by atoms with van der Waals surface area (Å²) in [4.78, 5) is 59.1. The molecule has 14 heteroatoms. The van der Waals surface area contributed by atoms with Gasteiger partial charge in [0.25, 0.3) is 5.91 Å². The van der Waals surface area contributed by atoms with Gasteiger partial charge < -0.3 is 30.4 Å². The van der Waals surface area contributed by atoms with E-state index in [-0.39, 0.29) is 48.8 Å². The molecule has 3 amide bonds. The number of nitrogens with one attached hydrogen (secondary N) is 2. The van der Waals surface area contributed by atoms with Crippen molar-refractivity contribution in [2.45, 2.75) is 91.5 Å². The third kappa shape index (κ3) is 11.2. The number of hydrogen-bond donors (Lipinski definition) is 3. The normalized spacial score (nSPS) is 25.6. The highest BCUT2D eigenvalue weighted by Crippen LogP contribution is 2.27. The van der Waals surface area contributed by atoms with E-state index in [2.05, 4.69) is 38.9 Å². The number of aromatic nitrogens is 4. The Labute approximate surface area is 287 Å². The van der Waals surface area contributed by atoms with Crippen molar-refractivity contribution in [1.82, 2.24) is 35.5 Å². The third-order valence-electron chi connectivity index (χ3n) is 8.63. The van der Waals surface area contributed by atoms with Crippen LogP contribution in [0.1, 0.15) is 81.9 Å². The zero-order chi connectivity index (χ0) is 35.3. The van der Waals surface area contributed by atoms with Crippen LogP contribution in [0.2, 0.25) is 0 Å². The third-order valence-corrected chi connectivity index (χ3v) is 8.63. The zero-order valence-electron chi connectivity index (χ0n) is 29.0. The van der Waals surface area contributed by atoms with E-state index >= 15 is 0 Å². The van der Waals surface area contributed by atoms with Crippen molar-refractivity contribution >= 4 is 23.7 Å². The number of cyclic esters (lactones) is 1. The standard InChI is InChI=1S/C35H50N8O6/c1-23(2)33-26(19-31(45)38-15-17-42-21-27(20-36)40-41-42)12-13-30(44)37-14-6-9-25(4)18-24(3)8-5-11-32-39-28(22-48-32)34(46)43-16-7-10-29(43)35(47)49-33/h6,9,12-13,18,21-24,26,29,33H,5,7-8,10-11,14-17,19-20,36H2,1-4H3,(H,37,44)(H,38,45)/b9-6+,13-12+,25-18+/t24-,26-,29+,33+/m0/s1. The second-order valence-corrected chi connectivity index (χ2v) is 13.1. The summed E-state index contributed by atoms with van der Waals surface area (Å²) in [6.07, 6.45) is 14.7. The fourth-order valence-corrected chi connectivity index (χ4v) is 6.12. The molecule has 2 aliphatic heterocycles. The summed E-state index contributed by atoms with van der Waals surface area (Å²) in [5, 5.41) is 13.7. The molecule has 2 aromatic heterocycles. The van der Waals surface area contributed by atoms with Crippen molar-refractivity contribution in [3.05, 3.63) is 65.7 Å². The van der Waals surface area contributed by atoms with Gasteiger partial charge in [-0.25, -0.2) is 9.78 Å². The number of carbonyl (C=O) groups excluding carboxylic acids is 4. The largest absolute Gasteiger partial charge is 0.460 e. The van der Waals surface area contributed by atoms with Gasteiger partial charge in [0.15, 0.2) is 11.6 Å². The lowest BCUT2D eigenvalue weighted by Gasteiger charge is -2.30. The summed E-state index contributed by atoms with van der Waals surface area (Å²) in [7, 11) is 0. The molecule has 0 spiro atoms. The fourth-order valence-electron chi connectivity index (χ4n) is 6.12. The molecule has 14 nitrogen and oxygen atoms in total. The van der Waals surface area contributed by atoms with E-state index < -0.39 is 24.0 Å². The molecule has 0 unspecified atom stereocenters. The average molecular weight is 679 g/mol. The van der Waals surface area contributed by atoms with Crippen molar-refractivity contribution in [3.63, 3.8) is 0 Å². The van der Waals surface area contributed by atoms with Crippen molar-refractivity contribution in [2.75, 3.05) is 19.6 Å². The van der Waals surface area contributed by atoms with Gasteiger partial charge in [-0.1, -0.05) is 55.9 Å². The summed E-state index contributed by atoms with van der Waals surface area (Å²) in [5.41, 5.74) is 7.49. The number of ether oxygens (including phenoxy) is 1.